The van der Waals surface area contributed by atoms with Crippen molar-refractivity contribution < 1.29 is 4.79 Å². The van der Waals surface area contributed by atoms with Gasteiger partial charge < -0.3 is 5.32 Å². The third kappa shape index (κ3) is 2.14. The maximum atomic E-state index is 11.5. The fourth-order valence-electron chi connectivity index (χ4n) is 2.08. The summed E-state index contributed by atoms with van der Waals surface area (Å²) in [4.78, 5) is 11.5. The molecule has 15 heavy (non-hydrogen) atoms. The van der Waals surface area contributed by atoms with Crippen LogP contribution in [-0.4, -0.2) is 11.4 Å². The van der Waals surface area contributed by atoms with E-state index in [2.05, 4.69) is 32.2 Å². The fraction of sp³-hybridized carbons (Fsp3) is 0.615. The monoisotopic (exact) mass is 207 g/mol. The highest BCUT2D eigenvalue weighted by Gasteiger charge is 2.37. The van der Waals surface area contributed by atoms with E-state index < -0.39 is 0 Å². The fourth-order valence-corrected chi connectivity index (χ4v) is 2.08. The van der Waals surface area contributed by atoms with Crippen LogP contribution in [0, 0.1) is 0 Å². The first-order valence-corrected chi connectivity index (χ1v) is 5.74. The summed E-state index contributed by atoms with van der Waals surface area (Å²) in [7, 11) is 0. The average Bonchev–Trinajstić information content (AvgIpc) is 2.40. The molecule has 2 nitrogen and oxygen atoms in total. The van der Waals surface area contributed by atoms with Crippen LogP contribution in [0.2, 0.25) is 0 Å². The van der Waals surface area contributed by atoms with E-state index in [1.807, 2.05) is 13.8 Å². The molecule has 1 N–H and O–H groups in total. The molecule has 0 bridgehead atoms. The Kier molecular flexibility index (Phi) is 3.38. The summed E-state index contributed by atoms with van der Waals surface area (Å²) in [6.07, 6.45) is 4.10. The van der Waals surface area contributed by atoms with Gasteiger partial charge in [-0.15, -0.1) is 0 Å². The van der Waals surface area contributed by atoms with Crippen molar-refractivity contribution in [1.82, 2.24) is 5.32 Å². The number of carbonyl (C=O) groups excluding carboxylic acids is 1. The molecule has 0 saturated heterocycles. The van der Waals surface area contributed by atoms with Crippen LogP contribution in [0.15, 0.2) is 22.8 Å². The Labute approximate surface area is 92.4 Å². The molecule has 0 saturated carbocycles. The van der Waals surface area contributed by atoms with Crippen molar-refractivity contribution in [1.29, 1.82) is 0 Å². The zero-order valence-electron chi connectivity index (χ0n) is 10.4. The largest absolute Gasteiger partial charge is 0.343 e. The molecule has 0 atom stereocenters. The molecule has 1 heterocycles. The second kappa shape index (κ2) is 4.21. The quantitative estimate of drug-likeness (QED) is 0.650. The van der Waals surface area contributed by atoms with Gasteiger partial charge in [0.2, 0.25) is 5.91 Å². The number of allylic oxidation sites excluding steroid dienone is 1. The predicted molar refractivity (Wildman–Crippen MR) is 63.6 cm³/mol. The molecule has 1 amide bonds. The van der Waals surface area contributed by atoms with Crippen molar-refractivity contribution in [2.75, 3.05) is 0 Å². The molecule has 2 rings (SSSR count). The number of carbonyl (C=O) groups is 1. The first-order chi connectivity index (χ1) is 7.00. The average molecular weight is 207 g/mol. The normalized spacial score (nSPS) is 22.5. The molecule has 0 aromatic carbocycles. The summed E-state index contributed by atoms with van der Waals surface area (Å²) in [6, 6.07) is 0. The lowest BCUT2D eigenvalue weighted by Crippen LogP contribution is -2.37. The van der Waals surface area contributed by atoms with Crippen LogP contribution < -0.4 is 5.32 Å². The first kappa shape index (κ1) is 12.0. The van der Waals surface area contributed by atoms with Gasteiger partial charge in [0.25, 0.3) is 0 Å². The topological polar surface area (TPSA) is 29.1 Å². The minimum atomic E-state index is -0.159. The molecule has 0 fully saturated rings. The van der Waals surface area contributed by atoms with Crippen molar-refractivity contribution in [3.63, 3.8) is 0 Å². The molecular formula is C13H21NO. The van der Waals surface area contributed by atoms with Crippen LogP contribution in [0.5, 0.6) is 0 Å². The van der Waals surface area contributed by atoms with Gasteiger partial charge in [-0.05, 0) is 39.2 Å². The molecule has 1 aliphatic carbocycles. The summed E-state index contributed by atoms with van der Waals surface area (Å²) < 4.78 is 0. The van der Waals surface area contributed by atoms with Crippen molar-refractivity contribution in [2.45, 2.75) is 53.0 Å². The zero-order chi connectivity index (χ0) is 11.6. The molecule has 2 heteroatoms. The molecule has 1 aliphatic heterocycles. The lowest BCUT2D eigenvalue weighted by Gasteiger charge is -2.22. The number of amides is 1. The Balaban J connectivity index is 0.000000531. The van der Waals surface area contributed by atoms with Crippen molar-refractivity contribution in [3.8, 4) is 0 Å². The second-order valence-electron chi connectivity index (χ2n) is 4.46. The van der Waals surface area contributed by atoms with Gasteiger partial charge in [0.15, 0.2) is 0 Å². The second-order valence-corrected chi connectivity index (χ2v) is 4.46. The lowest BCUT2D eigenvalue weighted by atomic mass is 9.86. The Bertz CT molecular complexity index is 334. The zero-order valence-corrected chi connectivity index (χ0v) is 10.4. The molecule has 2 aliphatic rings. The summed E-state index contributed by atoms with van der Waals surface area (Å²) >= 11 is 0. The van der Waals surface area contributed by atoms with E-state index in [0.717, 1.165) is 18.4 Å². The molecule has 0 spiro atoms. The highest BCUT2D eigenvalue weighted by molar-refractivity contribution is 5.99. The number of nitrogens with one attached hydrogen (secondary N) is 1. The summed E-state index contributed by atoms with van der Waals surface area (Å²) in [5, 5.41) is 3.00. The Morgan fingerprint density at radius 1 is 1.27 bits per heavy atom. The molecule has 0 radical (unpaired) electrons. The van der Waals surface area contributed by atoms with Crippen molar-refractivity contribution in [3.05, 3.63) is 22.8 Å². The molecule has 84 valence electrons. The van der Waals surface area contributed by atoms with Gasteiger partial charge in [-0.1, -0.05) is 25.5 Å². The van der Waals surface area contributed by atoms with Gasteiger partial charge in [-0.3, -0.25) is 4.79 Å². The van der Waals surface area contributed by atoms with Crippen LogP contribution >= 0.6 is 0 Å². The third-order valence-corrected chi connectivity index (χ3v) is 2.86. The van der Waals surface area contributed by atoms with E-state index in [9.17, 15) is 4.79 Å². The minimum Gasteiger partial charge on any atom is -0.343 e. The Morgan fingerprint density at radius 2 is 1.87 bits per heavy atom. The van der Waals surface area contributed by atoms with Crippen LogP contribution in [0.1, 0.15) is 47.5 Å². The maximum absolute atomic E-state index is 11.5. The number of hydrogen-bond donors (Lipinski definition) is 1. The van der Waals surface area contributed by atoms with E-state index in [-0.39, 0.29) is 11.4 Å². The Hall–Kier alpha value is -1.05. The van der Waals surface area contributed by atoms with E-state index in [4.69, 9.17) is 0 Å². The van der Waals surface area contributed by atoms with Gasteiger partial charge in [-0.25, -0.2) is 0 Å². The molecule has 0 aromatic heterocycles. The van der Waals surface area contributed by atoms with Gasteiger partial charge in [0.1, 0.15) is 0 Å². The predicted octanol–water partition coefficient (Wildman–Crippen LogP) is 2.96. The van der Waals surface area contributed by atoms with Crippen molar-refractivity contribution in [2.24, 2.45) is 0 Å². The molecule has 0 unspecified atom stereocenters. The van der Waals surface area contributed by atoms with Gasteiger partial charge in [0, 0.05) is 5.57 Å². The van der Waals surface area contributed by atoms with Gasteiger partial charge in [0.05, 0.1) is 5.54 Å². The summed E-state index contributed by atoms with van der Waals surface area (Å²) in [5.41, 5.74) is 3.41. The van der Waals surface area contributed by atoms with E-state index >= 15 is 0 Å². The lowest BCUT2D eigenvalue weighted by molar-refractivity contribution is -0.117. The van der Waals surface area contributed by atoms with E-state index in [1.165, 1.54) is 11.1 Å². The first-order valence-electron chi connectivity index (χ1n) is 5.74. The van der Waals surface area contributed by atoms with Crippen LogP contribution in [-0.2, 0) is 4.79 Å². The van der Waals surface area contributed by atoms with E-state index in [0.29, 0.717) is 0 Å². The van der Waals surface area contributed by atoms with E-state index in [1.54, 1.807) is 0 Å². The SMILES string of the molecule is CC.CC1=CC2=C(CC1)C(=O)NC2(C)C. The van der Waals surface area contributed by atoms with Crippen molar-refractivity contribution >= 4 is 5.91 Å². The van der Waals surface area contributed by atoms with Crippen LogP contribution in [0.3, 0.4) is 0 Å². The van der Waals surface area contributed by atoms with Crippen LogP contribution in [0.25, 0.3) is 0 Å². The number of hydrogen-bond acceptors (Lipinski definition) is 1. The smallest absolute Gasteiger partial charge is 0.248 e. The minimum absolute atomic E-state index is 0.128. The molecular weight excluding hydrogens is 186 g/mol. The molecule has 0 aromatic rings. The van der Waals surface area contributed by atoms with Gasteiger partial charge in [-0.2, -0.15) is 0 Å². The van der Waals surface area contributed by atoms with Crippen LogP contribution in [0.4, 0.5) is 0 Å². The Morgan fingerprint density at radius 3 is 2.47 bits per heavy atom. The summed E-state index contributed by atoms with van der Waals surface area (Å²) in [6.45, 7) is 10.2. The third-order valence-electron chi connectivity index (χ3n) is 2.86. The van der Waals surface area contributed by atoms with Gasteiger partial charge >= 0.3 is 0 Å². The number of rotatable bonds is 0. The highest BCUT2D eigenvalue weighted by atomic mass is 16.2. The highest BCUT2D eigenvalue weighted by Crippen LogP contribution is 2.35. The standard InChI is InChI=1S/C11H15NO.C2H6/c1-7-4-5-8-9(6-7)11(2,3)12-10(8)13;1-2/h6H,4-5H2,1-3H3,(H,12,13);1-2H3. The summed E-state index contributed by atoms with van der Waals surface area (Å²) in [5.74, 6) is 0.128. The maximum Gasteiger partial charge on any atom is 0.248 e.